The summed E-state index contributed by atoms with van der Waals surface area (Å²) in [5.74, 6) is 2.54. The molecular formula is C24H22Cl2F2N4OS. The molecule has 0 aliphatic carbocycles. The molecule has 34 heavy (non-hydrogen) atoms. The summed E-state index contributed by atoms with van der Waals surface area (Å²) in [5.41, 5.74) is 10.0. The number of nitrogens with zero attached hydrogens (tertiary/aromatic N) is 3. The van der Waals surface area contributed by atoms with Gasteiger partial charge in [0, 0.05) is 35.9 Å². The Kier molecular flexibility index (Phi) is 6.70. The number of aromatic nitrogens is 3. The molecular weight excluding hydrogens is 501 g/mol. The Labute approximate surface area is 206 Å². The molecule has 4 rings (SSSR count). The number of aryl methyl sites for hydroxylation is 1. The van der Waals surface area contributed by atoms with Crippen molar-refractivity contribution in [1.29, 1.82) is 0 Å². The van der Waals surface area contributed by atoms with Gasteiger partial charge in [-0.05, 0) is 57.7 Å². The Morgan fingerprint density at radius 2 is 1.76 bits per heavy atom. The molecule has 0 saturated carbocycles. The van der Waals surface area contributed by atoms with Crippen LogP contribution in [-0.4, -0.2) is 31.1 Å². The summed E-state index contributed by atoms with van der Waals surface area (Å²) in [6.45, 7) is 0. The van der Waals surface area contributed by atoms with Crippen molar-refractivity contribution in [3.8, 4) is 11.1 Å². The molecule has 0 aliphatic rings. The third-order valence-electron chi connectivity index (χ3n) is 5.36. The number of pyridine rings is 1. The van der Waals surface area contributed by atoms with Crippen molar-refractivity contribution < 1.29 is 13.0 Å². The Bertz CT molecular complexity index is 1500. The van der Waals surface area contributed by atoms with E-state index in [1.807, 2.05) is 6.07 Å². The van der Waals surface area contributed by atoms with E-state index in [4.69, 9.17) is 28.9 Å². The van der Waals surface area contributed by atoms with Crippen LogP contribution < -0.4 is 5.73 Å². The van der Waals surface area contributed by atoms with Gasteiger partial charge in [0.05, 0.1) is 33.7 Å². The van der Waals surface area contributed by atoms with Crippen molar-refractivity contribution in [3.63, 3.8) is 0 Å². The normalized spacial score (nSPS) is 14.3. The summed E-state index contributed by atoms with van der Waals surface area (Å²) < 4.78 is 41.5. The van der Waals surface area contributed by atoms with Crippen LogP contribution in [0.4, 0.5) is 8.78 Å². The molecule has 2 N–H and O–H groups in total. The molecule has 1 unspecified atom stereocenters. The van der Waals surface area contributed by atoms with Crippen molar-refractivity contribution in [2.24, 2.45) is 12.8 Å². The number of fused-ring (bicyclic) bond motifs is 1. The molecule has 2 atom stereocenters. The maximum atomic E-state index is 13.7. The van der Waals surface area contributed by atoms with Crippen LogP contribution in [0.1, 0.15) is 23.0 Å². The third kappa shape index (κ3) is 5.10. The number of hydrogen-bond donors (Lipinski definition) is 1. The summed E-state index contributed by atoms with van der Waals surface area (Å²) >= 11 is 12.7. The van der Waals surface area contributed by atoms with Crippen molar-refractivity contribution in [2.75, 3.05) is 6.26 Å². The summed E-state index contributed by atoms with van der Waals surface area (Å²) in [5, 5.41) is 5.92. The fourth-order valence-electron chi connectivity index (χ4n) is 4.11. The zero-order valence-corrected chi connectivity index (χ0v) is 20.8. The maximum absolute atomic E-state index is 13.7. The Morgan fingerprint density at radius 3 is 2.41 bits per heavy atom. The van der Waals surface area contributed by atoms with Gasteiger partial charge in [0.15, 0.2) is 0 Å². The van der Waals surface area contributed by atoms with Crippen molar-refractivity contribution >= 4 is 49.5 Å². The molecule has 178 valence electrons. The summed E-state index contributed by atoms with van der Waals surface area (Å²) in [7, 11) is -0.595. The van der Waals surface area contributed by atoms with Gasteiger partial charge in [0.1, 0.15) is 16.8 Å². The van der Waals surface area contributed by atoms with Crippen LogP contribution in [0, 0.1) is 11.6 Å². The van der Waals surface area contributed by atoms with E-state index in [-0.39, 0.29) is 17.3 Å². The van der Waals surface area contributed by atoms with Crippen LogP contribution in [0.2, 0.25) is 10.2 Å². The first-order chi connectivity index (χ1) is 15.9. The Balaban J connectivity index is 1.87. The quantitative estimate of drug-likeness (QED) is 0.275. The smallest absolute Gasteiger partial charge is 0.129 e. The lowest BCUT2D eigenvalue weighted by Gasteiger charge is -2.17. The maximum Gasteiger partial charge on any atom is 0.129 e. The van der Waals surface area contributed by atoms with Crippen molar-refractivity contribution in [1.82, 2.24) is 14.8 Å². The minimum atomic E-state index is -2.36. The molecule has 0 fully saturated rings. The van der Waals surface area contributed by atoms with Crippen LogP contribution >= 0.6 is 23.2 Å². The highest BCUT2D eigenvalue weighted by molar-refractivity contribution is 7.98. The van der Waals surface area contributed by atoms with Crippen LogP contribution in [0.5, 0.6) is 0 Å². The zero-order valence-electron chi connectivity index (χ0n) is 18.5. The number of rotatable bonds is 6. The van der Waals surface area contributed by atoms with Crippen LogP contribution in [-0.2, 0) is 28.7 Å². The predicted octanol–water partition coefficient (Wildman–Crippen LogP) is 5.31. The number of hydrogen-bond acceptors (Lipinski definition) is 4. The molecule has 0 radical (unpaired) electrons. The van der Waals surface area contributed by atoms with E-state index >= 15 is 0 Å². The van der Waals surface area contributed by atoms with Gasteiger partial charge in [-0.25, -0.2) is 13.8 Å². The summed E-state index contributed by atoms with van der Waals surface area (Å²) in [6, 6.07) is 9.57. The van der Waals surface area contributed by atoms with Gasteiger partial charge in [-0.3, -0.25) is 8.89 Å². The number of halogens is 4. The molecule has 2 heterocycles. The van der Waals surface area contributed by atoms with E-state index in [1.165, 1.54) is 12.1 Å². The first-order valence-electron chi connectivity index (χ1n) is 10.2. The largest absolute Gasteiger partial charge is 0.322 e. The fourth-order valence-corrected chi connectivity index (χ4v) is 5.30. The second-order valence-electron chi connectivity index (χ2n) is 8.37. The van der Waals surface area contributed by atoms with E-state index in [0.29, 0.717) is 38.4 Å². The van der Waals surface area contributed by atoms with E-state index < -0.39 is 27.2 Å². The zero-order chi connectivity index (χ0) is 24.8. The monoisotopic (exact) mass is 522 g/mol. The lowest BCUT2D eigenvalue weighted by atomic mass is 9.94. The predicted molar refractivity (Wildman–Crippen MR) is 136 cm³/mol. The van der Waals surface area contributed by atoms with Gasteiger partial charge in [0.2, 0.25) is 0 Å². The molecule has 0 aliphatic heterocycles. The average molecular weight is 523 g/mol. The summed E-state index contributed by atoms with van der Waals surface area (Å²) in [4.78, 5) is 4.45. The second-order valence-corrected chi connectivity index (χ2v) is 11.8. The molecule has 0 saturated heterocycles. The molecule has 0 bridgehead atoms. The topological polar surface area (TPSA) is 73.8 Å². The van der Waals surface area contributed by atoms with Gasteiger partial charge < -0.3 is 5.73 Å². The van der Waals surface area contributed by atoms with E-state index in [2.05, 4.69) is 16.0 Å². The highest BCUT2D eigenvalue weighted by Gasteiger charge is 2.22. The second kappa shape index (κ2) is 9.26. The SMILES string of the molecule is C=S(C)(=O)Cc1nn(C)c2c(-c3ccc(Cl)nc3[C@@H](N)Cc3cc(F)cc(F)c3)ccc(Cl)c12. The standard InChI is InChI=1S/C24H22Cl2F2N4OS/c1-32-24-17(4-6-18(25)22(24)20(31-32)12-34(2,3)33)16-5-7-21(26)30-23(16)19(29)10-13-8-14(27)11-15(28)9-13/h4-9,11,19H,2,10,12,29H2,1,3H3/t19-,34?/m0/s1. The van der Waals surface area contributed by atoms with E-state index in [0.717, 1.165) is 11.6 Å². The number of benzene rings is 2. The van der Waals surface area contributed by atoms with E-state index in [9.17, 15) is 13.0 Å². The average Bonchev–Trinajstić information content (AvgIpc) is 3.03. The first kappa shape index (κ1) is 24.6. The summed E-state index contributed by atoms with van der Waals surface area (Å²) in [6.07, 6.45) is 1.71. The lowest BCUT2D eigenvalue weighted by molar-refractivity contribution is 0.576. The molecule has 2 aromatic carbocycles. The van der Waals surface area contributed by atoms with Gasteiger partial charge in [-0.2, -0.15) is 5.10 Å². The molecule has 0 amide bonds. The minimum absolute atomic E-state index is 0.141. The van der Waals surface area contributed by atoms with Crippen LogP contribution in [0.3, 0.4) is 0 Å². The van der Waals surface area contributed by atoms with Crippen LogP contribution in [0.15, 0.2) is 42.5 Å². The van der Waals surface area contributed by atoms with Gasteiger partial charge in [-0.15, -0.1) is 0 Å². The van der Waals surface area contributed by atoms with Crippen LogP contribution in [0.25, 0.3) is 22.0 Å². The third-order valence-corrected chi connectivity index (χ3v) is 6.77. The molecule has 10 heteroatoms. The Morgan fingerprint density at radius 1 is 1.12 bits per heavy atom. The highest BCUT2D eigenvalue weighted by atomic mass is 35.5. The highest BCUT2D eigenvalue weighted by Crippen LogP contribution is 2.38. The van der Waals surface area contributed by atoms with Gasteiger partial charge in [0.25, 0.3) is 0 Å². The van der Waals surface area contributed by atoms with Gasteiger partial charge in [-0.1, -0.05) is 29.3 Å². The fraction of sp³-hybridized carbons (Fsp3) is 0.208. The minimum Gasteiger partial charge on any atom is -0.322 e. The Hall–Kier alpha value is -2.52. The molecule has 0 spiro atoms. The molecule has 5 nitrogen and oxygen atoms in total. The number of nitrogens with two attached hydrogens (primary N) is 1. The van der Waals surface area contributed by atoms with Crippen molar-refractivity contribution in [3.05, 3.63) is 81.2 Å². The van der Waals surface area contributed by atoms with Crippen molar-refractivity contribution in [2.45, 2.75) is 18.2 Å². The molecule has 4 aromatic rings. The molecule has 2 aromatic heterocycles. The first-order valence-corrected chi connectivity index (χ1v) is 13.3. The lowest BCUT2D eigenvalue weighted by Crippen LogP contribution is -2.17. The van der Waals surface area contributed by atoms with E-state index in [1.54, 1.807) is 36.2 Å². The van der Waals surface area contributed by atoms with Gasteiger partial charge >= 0.3 is 0 Å².